The molecule has 1 rings (SSSR count). The van der Waals surface area contributed by atoms with Crippen LogP contribution in [0.15, 0.2) is 6.07 Å². The summed E-state index contributed by atoms with van der Waals surface area (Å²) in [6.45, 7) is 3.97. The molecule has 14 heavy (non-hydrogen) atoms. The summed E-state index contributed by atoms with van der Waals surface area (Å²) in [5.74, 6) is 0.549. The van der Waals surface area contributed by atoms with E-state index in [4.69, 9.17) is 9.94 Å². The molecule has 0 amide bonds. The van der Waals surface area contributed by atoms with Gasteiger partial charge in [0.05, 0.1) is 7.11 Å². The monoisotopic (exact) mass is 197 g/mol. The number of phenols is 1. The third-order valence-corrected chi connectivity index (χ3v) is 2.32. The number of benzene rings is 1. The number of methoxy groups -OCH3 is 1. The summed E-state index contributed by atoms with van der Waals surface area (Å²) < 4.78 is 5.06. The average molecular weight is 197 g/mol. The summed E-state index contributed by atoms with van der Waals surface area (Å²) in [6.07, 6.45) is 0. The molecule has 1 aromatic carbocycles. The van der Waals surface area contributed by atoms with Gasteiger partial charge in [-0.2, -0.15) is 0 Å². The number of hydrogen-bond acceptors (Lipinski definition) is 4. The quantitative estimate of drug-likeness (QED) is 0.642. The van der Waals surface area contributed by atoms with Crippen molar-refractivity contribution in [2.24, 2.45) is 0 Å². The summed E-state index contributed by atoms with van der Waals surface area (Å²) in [4.78, 5) is 0. The second kappa shape index (κ2) is 4.30. The van der Waals surface area contributed by atoms with Gasteiger partial charge >= 0.3 is 0 Å². The predicted octanol–water partition coefficient (Wildman–Crippen LogP) is 1.50. The first-order valence-corrected chi connectivity index (χ1v) is 4.34. The second-order valence-corrected chi connectivity index (χ2v) is 3.19. The summed E-state index contributed by atoms with van der Waals surface area (Å²) >= 11 is 0. The highest BCUT2D eigenvalue weighted by Gasteiger charge is 2.12. The number of hydrogen-bond donors (Lipinski definition) is 3. The largest absolute Gasteiger partial charge is 0.504 e. The maximum atomic E-state index is 9.75. The van der Waals surface area contributed by atoms with Gasteiger partial charge < -0.3 is 15.1 Å². The lowest BCUT2D eigenvalue weighted by atomic mass is 10.0. The van der Waals surface area contributed by atoms with Gasteiger partial charge in [-0.1, -0.05) is 6.07 Å². The Morgan fingerprint density at radius 1 is 1.43 bits per heavy atom. The molecule has 4 nitrogen and oxygen atoms in total. The summed E-state index contributed by atoms with van der Waals surface area (Å²) in [6, 6.07) is 1.87. The zero-order chi connectivity index (χ0) is 10.7. The highest BCUT2D eigenvalue weighted by molar-refractivity contribution is 5.53. The van der Waals surface area contributed by atoms with Crippen LogP contribution < -0.4 is 10.2 Å². The Labute approximate surface area is 83.1 Å². The van der Waals surface area contributed by atoms with Gasteiger partial charge in [-0.05, 0) is 25.0 Å². The van der Waals surface area contributed by atoms with Crippen LogP contribution in [0, 0.1) is 13.8 Å². The van der Waals surface area contributed by atoms with Gasteiger partial charge in [0.15, 0.2) is 11.5 Å². The molecule has 0 fully saturated rings. The fourth-order valence-electron chi connectivity index (χ4n) is 1.39. The molecule has 0 aliphatic heterocycles. The molecule has 0 radical (unpaired) electrons. The number of nitrogens with one attached hydrogen (secondary N) is 1. The lowest BCUT2D eigenvalue weighted by Gasteiger charge is -2.13. The van der Waals surface area contributed by atoms with Gasteiger partial charge in [0, 0.05) is 12.1 Å². The molecule has 0 bridgehead atoms. The molecular formula is C10H15NO3. The summed E-state index contributed by atoms with van der Waals surface area (Å²) in [7, 11) is 1.49. The molecular weight excluding hydrogens is 182 g/mol. The van der Waals surface area contributed by atoms with Crippen molar-refractivity contribution < 1.29 is 15.1 Å². The standard InChI is InChI=1S/C10H15NO3/c1-6-4-8(5-11-13)10(14-3)9(12)7(6)2/h4,11-13H,5H2,1-3H3. The first kappa shape index (κ1) is 10.8. The van der Waals surface area contributed by atoms with Crippen molar-refractivity contribution >= 4 is 0 Å². The molecule has 1 aromatic rings. The summed E-state index contributed by atoms with van der Waals surface area (Å²) in [5.41, 5.74) is 4.53. The van der Waals surface area contributed by atoms with Crippen molar-refractivity contribution in [2.75, 3.05) is 7.11 Å². The number of hydroxylamine groups is 1. The maximum Gasteiger partial charge on any atom is 0.165 e. The van der Waals surface area contributed by atoms with Gasteiger partial charge in [0.1, 0.15) is 0 Å². The van der Waals surface area contributed by atoms with Crippen LogP contribution in [0.5, 0.6) is 11.5 Å². The number of aromatic hydroxyl groups is 1. The zero-order valence-electron chi connectivity index (χ0n) is 8.59. The highest BCUT2D eigenvalue weighted by Crippen LogP contribution is 2.35. The van der Waals surface area contributed by atoms with Gasteiger partial charge in [-0.25, -0.2) is 5.48 Å². The normalized spacial score (nSPS) is 10.3. The summed E-state index contributed by atoms with van der Waals surface area (Å²) in [5, 5.41) is 18.4. The van der Waals surface area contributed by atoms with Gasteiger partial charge in [-0.15, -0.1) is 0 Å². The van der Waals surface area contributed by atoms with Crippen molar-refractivity contribution in [3.8, 4) is 11.5 Å². The third-order valence-electron chi connectivity index (χ3n) is 2.32. The molecule has 0 aliphatic carbocycles. The van der Waals surface area contributed by atoms with Gasteiger partial charge in [0.25, 0.3) is 0 Å². The molecule has 0 aliphatic rings. The van der Waals surface area contributed by atoms with Crippen LogP contribution in [0.4, 0.5) is 0 Å². The third kappa shape index (κ3) is 1.81. The average Bonchev–Trinajstić information content (AvgIpc) is 2.16. The lowest BCUT2D eigenvalue weighted by Crippen LogP contribution is -2.08. The number of ether oxygens (including phenoxy) is 1. The molecule has 0 atom stereocenters. The van der Waals surface area contributed by atoms with E-state index in [1.807, 2.05) is 25.4 Å². The number of aryl methyl sites for hydroxylation is 1. The Balaban J connectivity index is 3.28. The first-order chi connectivity index (χ1) is 6.61. The Hall–Kier alpha value is -1.26. The number of phenolic OH excluding ortho intramolecular Hbond substituents is 1. The van der Waals surface area contributed by atoms with E-state index in [1.54, 1.807) is 0 Å². The topological polar surface area (TPSA) is 61.7 Å². The van der Waals surface area contributed by atoms with E-state index in [0.29, 0.717) is 5.75 Å². The molecule has 0 aromatic heterocycles. The minimum atomic E-state index is 0.137. The van der Waals surface area contributed by atoms with E-state index in [-0.39, 0.29) is 12.3 Å². The first-order valence-electron chi connectivity index (χ1n) is 4.34. The van der Waals surface area contributed by atoms with Crippen molar-refractivity contribution in [3.63, 3.8) is 0 Å². The Bertz CT molecular complexity index is 337. The molecule has 0 spiro atoms. The molecule has 0 saturated heterocycles. The highest BCUT2D eigenvalue weighted by atomic mass is 16.5. The minimum Gasteiger partial charge on any atom is -0.504 e. The molecule has 4 heteroatoms. The lowest BCUT2D eigenvalue weighted by molar-refractivity contribution is 0.160. The maximum absolute atomic E-state index is 9.75. The molecule has 0 saturated carbocycles. The minimum absolute atomic E-state index is 0.137. The van der Waals surface area contributed by atoms with Gasteiger partial charge in [-0.3, -0.25) is 0 Å². The second-order valence-electron chi connectivity index (χ2n) is 3.19. The van der Waals surface area contributed by atoms with E-state index in [9.17, 15) is 5.11 Å². The van der Waals surface area contributed by atoms with Crippen molar-refractivity contribution in [3.05, 3.63) is 22.8 Å². The van der Waals surface area contributed by atoms with Gasteiger partial charge in [0.2, 0.25) is 0 Å². The van der Waals surface area contributed by atoms with Crippen LogP contribution in [0.3, 0.4) is 0 Å². The van der Waals surface area contributed by atoms with E-state index >= 15 is 0 Å². The van der Waals surface area contributed by atoms with Crippen LogP contribution in [0.1, 0.15) is 16.7 Å². The predicted molar refractivity (Wildman–Crippen MR) is 52.8 cm³/mol. The zero-order valence-corrected chi connectivity index (χ0v) is 8.59. The Morgan fingerprint density at radius 3 is 2.57 bits per heavy atom. The molecule has 0 heterocycles. The Kier molecular flexibility index (Phi) is 3.33. The Morgan fingerprint density at radius 2 is 2.07 bits per heavy atom. The fourth-order valence-corrected chi connectivity index (χ4v) is 1.39. The fraction of sp³-hybridized carbons (Fsp3) is 0.400. The van der Waals surface area contributed by atoms with Crippen molar-refractivity contribution in [1.29, 1.82) is 0 Å². The van der Waals surface area contributed by atoms with E-state index < -0.39 is 0 Å². The molecule has 0 unspecified atom stereocenters. The number of rotatable bonds is 3. The van der Waals surface area contributed by atoms with Crippen LogP contribution >= 0.6 is 0 Å². The van der Waals surface area contributed by atoms with E-state index in [1.165, 1.54) is 7.11 Å². The SMILES string of the molecule is COc1c(CNO)cc(C)c(C)c1O. The van der Waals surface area contributed by atoms with Crippen LogP contribution in [0.25, 0.3) is 0 Å². The van der Waals surface area contributed by atoms with Crippen molar-refractivity contribution in [2.45, 2.75) is 20.4 Å². The van der Waals surface area contributed by atoms with Crippen molar-refractivity contribution in [1.82, 2.24) is 5.48 Å². The van der Waals surface area contributed by atoms with E-state index in [0.717, 1.165) is 16.7 Å². The van der Waals surface area contributed by atoms with Crippen LogP contribution in [0.2, 0.25) is 0 Å². The molecule has 3 N–H and O–H groups in total. The van der Waals surface area contributed by atoms with Crippen LogP contribution in [-0.4, -0.2) is 17.4 Å². The smallest absolute Gasteiger partial charge is 0.165 e. The molecule has 78 valence electrons. The van der Waals surface area contributed by atoms with E-state index in [2.05, 4.69) is 0 Å². The van der Waals surface area contributed by atoms with Crippen LogP contribution in [-0.2, 0) is 6.54 Å².